The van der Waals surface area contributed by atoms with Crippen LogP contribution in [-0.2, 0) is 0 Å². The average Bonchev–Trinajstić information content (AvgIpc) is 2.08. The number of benzene rings is 1. The van der Waals surface area contributed by atoms with Crippen molar-refractivity contribution in [2.75, 3.05) is 5.73 Å². The first-order valence-electron chi connectivity index (χ1n) is 3.98. The third-order valence-corrected chi connectivity index (χ3v) is 0.614. The van der Waals surface area contributed by atoms with Crippen molar-refractivity contribution in [3.05, 3.63) is 30.0 Å². The van der Waals surface area contributed by atoms with Crippen LogP contribution in [0.3, 0.4) is 0 Å². The summed E-state index contributed by atoms with van der Waals surface area (Å²) >= 11 is 0. The fourth-order valence-electron chi connectivity index (χ4n) is 0.307. The second-order valence-corrected chi connectivity index (χ2v) is 1.23. The molecule has 0 spiro atoms. The van der Waals surface area contributed by atoms with Crippen molar-refractivity contribution in [1.29, 1.82) is 0 Å². The predicted octanol–water partition coefficient (Wildman–Crippen LogP) is 1.41. The topological polar surface area (TPSA) is 26.0 Å². The summed E-state index contributed by atoms with van der Waals surface area (Å²) in [6.07, 6.45) is 0. The smallest absolute Gasteiger partial charge is 0.123 e. The molecule has 1 aromatic rings. The molecule has 0 amide bonds. The van der Waals surface area contributed by atoms with E-state index < -0.39 is 30.0 Å². The normalized spacial score (nSPS) is 16.1. The van der Waals surface area contributed by atoms with Gasteiger partial charge in [-0.3, -0.25) is 0 Å². The van der Waals surface area contributed by atoms with Gasteiger partial charge in [0.25, 0.3) is 0 Å². The summed E-state index contributed by atoms with van der Waals surface area (Å²) in [6, 6.07) is -2.52. The van der Waals surface area contributed by atoms with E-state index in [-0.39, 0.29) is 5.69 Å². The highest BCUT2D eigenvalue weighted by Crippen LogP contribution is 2.01. The van der Waals surface area contributed by atoms with Gasteiger partial charge in [0.05, 0.1) is 5.48 Å². The van der Waals surface area contributed by atoms with Crippen LogP contribution < -0.4 is 5.73 Å². The first kappa shape index (κ1) is 2.05. The molecular weight excluding hydrogens is 105 g/mol. The summed E-state index contributed by atoms with van der Waals surface area (Å²) < 4.78 is 40.8. The average molecular weight is 115 g/mol. The zero-order valence-corrected chi connectivity index (χ0v) is 3.96. The molecule has 0 aliphatic heterocycles. The van der Waals surface area contributed by atoms with E-state index in [2.05, 4.69) is 0 Å². The lowest BCUT2D eigenvalue weighted by Crippen LogP contribution is -1.82. The van der Waals surface area contributed by atoms with Crippen LogP contribution in [-0.4, -0.2) is 0 Å². The van der Waals surface area contributed by atoms with Crippen molar-refractivity contribution in [3.63, 3.8) is 0 Å². The summed E-state index contributed by atoms with van der Waals surface area (Å²) in [4.78, 5) is 0. The molecule has 0 aliphatic carbocycles. The SMILES string of the molecule is [2H]c1c([2H])c(F)c([2H])c([2H])c1N. The van der Waals surface area contributed by atoms with E-state index in [0.717, 1.165) is 0 Å². The predicted molar refractivity (Wildman–Crippen MR) is 30.8 cm³/mol. The van der Waals surface area contributed by atoms with Gasteiger partial charge in [0.15, 0.2) is 0 Å². The molecule has 0 saturated carbocycles. The molecule has 0 bridgehead atoms. The summed E-state index contributed by atoms with van der Waals surface area (Å²) in [7, 11) is 0. The molecule has 0 saturated heterocycles. The van der Waals surface area contributed by atoms with Crippen molar-refractivity contribution in [2.45, 2.75) is 0 Å². The van der Waals surface area contributed by atoms with E-state index in [9.17, 15) is 4.39 Å². The molecule has 42 valence electrons. The third kappa shape index (κ3) is 0.964. The van der Waals surface area contributed by atoms with Gasteiger partial charge in [-0.2, -0.15) is 0 Å². The van der Waals surface area contributed by atoms with Crippen molar-refractivity contribution < 1.29 is 9.87 Å². The molecule has 0 atom stereocenters. The van der Waals surface area contributed by atoms with Crippen LogP contribution in [0, 0.1) is 5.82 Å². The lowest BCUT2D eigenvalue weighted by atomic mass is 10.3. The Bertz CT molecular complexity index is 234. The number of rotatable bonds is 0. The molecule has 1 aromatic carbocycles. The van der Waals surface area contributed by atoms with E-state index in [1.54, 1.807) is 0 Å². The fraction of sp³-hybridized carbons (Fsp3) is 0. The Balaban J connectivity index is 3.60. The number of hydrogen-bond acceptors (Lipinski definition) is 1. The van der Waals surface area contributed by atoms with Gasteiger partial charge < -0.3 is 5.73 Å². The maximum Gasteiger partial charge on any atom is 0.123 e. The number of nitrogen functional groups attached to an aromatic ring is 1. The molecule has 2 N–H and O–H groups in total. The first-order chi connectivity index (χ1) is 5.46. The van der Waals surface area contributed by atoms with Crippen LogP contribution in [0.4, 0.5) is 10.1 Å². The van der Waals surface area contributed by atoms with E-state index in [1.165, 1.54) is 0 Å². The Morgan fingerprint density at radius 3 is 2.38 bits per heavy atom. The van der Waals surface area contributed by atoms with E-state index >= 15 is 0 Å². The van der Waals surface area contributed by atoms with E-state index in [0.29, 0.717) is 0 Å². The van der Waals surface area contributed by atoms with Crippen molar-refractivity contribution >= 4 is 5.69 Å². The Morgan fingerprint density at radius 1 is 1.38 bits per heavy atom. The Morgan fingerprint density at radius 2 is 1.88 bits per heavy atom. The van der Waals surface area contributed by atoms with E-state index in [4.69, 9.17) is 11.2 Å². The van der Waals surface area contributed by atoms with Gasteiger partial charge >= 0.3 is 0 Å². The minimum absolute atomic E-state index is 0.327. The molecule has 1 rings (SSSR count). The molecule has 0 unspecified atom stereocenters. The van der Waals surface area contributed by atoms with Crippen molar-refractivity contribution in [2.24, 2.45) is 0 Å². The summed E-state index contributed by atoms with van der Waals surface area (Å²) in [5.41, 5.74) is 4.84. The fourth-order valence-corrected chi connectivity index (χ4v) is 0.307. The largest absolute Gasteiger partial charge is 0.399 e. The number of anilines is 1. The van der Waals surface area contributed by atoms with Crippen LogP contribution in [0.2, 0.25) is 0 Å². The molecule has 8 heavy (non-hydrogen) atoms. The third-order valence-electron chi connectivity index (χ3n) is 0.614. The Hall–Kier alpha value is -1.05. The van der Waals surface area contributed by atoms with Gasteiger partial charge in [-0.15, -0.1) is 0 Å². The highest BCUT2D eigenvalue weighted by molar-refractivity contribution is 5.36. The molecule has 1 nitrogen and oxygen atoms in total. The van der Waals surface area contributed by atoms with Crippen molar-refractivity contribution in [3.8, 4) is 0 Å². The van der Waals surface area contributed by atoms with Gasteiger partial charge in [-0.1, -0.05) is 0 Å². The molecule has 0 aromatic heterocycles. The van der Waals surface area contributed by atoms with Gasteiger partial charge in [0, 0.05) is 5.69 Å². The van der Waals surface area contributed by atoms with Gasteiger partial charge in [0.1, 0.15) is 5.82 Å². The summed E-state index contributed by atoms with van der Waals surface area (Å²) in [5, 5.41) is 0. The monoisotopic (exact) mass is 115 g/mol. The summed E-state index contributed by atoms with van der Waals surface area (Å²) in [5.74, 6) is -1.17. The van der Waals surface area contributed by atoms with Gasteiger partial charge in [-0.25, -0.2) is 4.39 Å². The highest BCUT2D eigenvalue weighted by atomic mass is 19.1. The first-order valence-corrected chi connectivity index (χ1v) is 1.98. The van der Waals surface area contributed by atoms with Crippen LogP contribution in [0.15, 0.2) is 24.2 Å². The maximum absolute atomic E-state index is 12.8. The zero-order valence-electron chi connectivity index (χ0n) is 7.96. The van der Waals surface area contributed by atoms with E-state index in [1.807, 2.05) is 0 Å². The second kappa shape index (κ2) is 1.82. The van der Waals surface area contributed by atoms with Crippen LogP contribution >= 0.6 is 0 Å². The molecule has 0 radical (unpaired) electrons. The number of halogens is 1. The van der Waals surface area contributed by atoms with Crippen LogP contribution in [0.5, 0.6) is 0 Å². The minimum Gasteiger partial charge on any atom is -0.399 e. The van der Waals surface area contributed by atoms with Crippen molar-refractivity contribution in [1.82, 2.24) is 0 Å². The number of nitrogens with two attached hydrogens (primary N) is 1. The molecule has 2 heteroatoms. The quantitative estimate of drug-likeness (QED) is 0.508. The highest BCUT2D eigenvalue weighted by Gasteiger charge is 1.83. The lowest BCUT2D eigenvalue weighted by molar-refractivity contribution is 0.628. The van der Waals surface area contributed by atoms with Gasteiger partial charge in [0.2, 0.25) is 0 Å². The lowest BCUT2D eigenvalue weighted by Gasteiger charge is -1.87. The zero-order chi connectivity index (χ0) is 9.46. The van der Waals surface area contributed by atoms with Crippen LogP contribution in [0.25, 0.3) is 0 Å². The second-order valence-electron chi connectivity index (χ2n) is 1.23. The Labute approximate surface area is 52.6 Å². The summed E-state index contributed by atoms with van der Waals surface area (Å²) in [6.45, 7) is 0. The standard InChI is InChI=1S/C6H6FN/c7-5-1-3-6(8)4-2-5/h1-4H,8H2/i1D,2D,3D,4D. The molecule has 0 fully saturated rings. The Kier molecular flexibility index (Phi) is 0.467. The molecular formula is C6H6FN. The van der Waals surface area contributed by atoms with Gasteiger partial charge in [-0.05, 0) is 24.2 Å². The number of hydrogen-bond donors (Lipinski definition) is 1. The molecule has 0 heterocycles. The minimum atomic E-state index is -1.17. The maximum atomic E-state index is 12.8. The molecule has 0 aliphatic rings. The van der Waals surface area contributed by atoms with Crippen LogP contribution in [0.1, 0.15) is 5.48 Å².